The minimum Gasteiger partial charge on any atom is -0.475 e. The quantitative estimate of drug-likeness (QED) is 0.173. The molecular weight excluding hydrogens is 729 g/mol. The zero-order valence-corrected chi connectivity index (χ0v) is 32.4. The van der Waals surface area contributed by atoms with Crippen LogP contribution in [0.15, 0.2) is 24.3 Å². The molecule has 1 amide bonds. The molecule has 0 spiro atoms. The van der Waals surface area contributed by atoms with Gasteiger partial charge in [0.25, 0.3) is 0 Å². The van der Waals surface area contributed by atoms with E-state index in [-0.39, 0.29) is 72.7 Å². The molecule has 0 aliphatic carbocycles. The fraction of sp³-hybridized carbons (Fsp3) is 0.561. The number of anilines is 1. The van der Waals surface area contributed by atoms with Gasteiger partial charge < -0.3 is 28.6 Å². The van der Waals surface area contributed by atoms with Gasteiger partial charge in [-0.2, -0.15) is 9.97 Å². The molecule has 12 nitrogen and oxygen atoms in total. The molecule has 0 N–H and O–H groups in total. The summed E-state index contributed by atoms with van der Waals surface area (Å²) in [4.78, 5) is 34.1. The third-order valence-electron chi connectivity index (χ3n) is 12.1. The highest BCUT2D eigenvalue weighted by Gasteiger charge is 2.52. The van der Waals surface area contributed by atoms with Gasteiger partial charge in [0.2, 0.25) is 5.88 Å². The van der Waals surface area contributed by atoms with Crippen LogP contribution >= 0.6 is 0 Å². The molecule has 298 valence electrons. The number of carbonyl (C=O) groups is 1. The van der Waals surface area contributed by atoms with Gasteiger partial charge in [-0.3, -0.25) is 9.80 Å². The van der Waals surface area contributed by atoms with E-state index in [1.165, 1.54) is 13.2 Å². The molecule has 2 aromatic heterocycles. The van der Waals surface area contributed by atoms with E-state index < -0.39 is 28.9 Å². The molecule has 0 unspecified atom stereocenters. The van der Waals surface area contributed by atoms with Gasteiger partial charge in [0.05, 0.1) is 23.7 Å². The summed E-state index contributed by atoms with van der Waals surface area (Å²) in [6, 6.07) is 5.50. The molecule has 5 aliphatic heterocycles. The fourth-order valence-corrected chi connectivity index (χ4v) is 9.78. The number of nitrogens with zero attached hydrogens (tertiary/aromatic N) is 6. The zero-order valence-electron chi connectivity index (χ0n) is 32.4. The highest BCUT2D eigenvalue weighted by atomic mass is 19.1. The maximum absolute atomic E-state index is 17.6. The lowest BCUT2D eigenvalue weighted by Gasteiger charge is -2.46. The Hall–Kier alpha value is -4.63. The first-order valence-corrected chi connectivity index (χ1v) is 19.6. The van der Waals surface area contributed by atoms with Crippen molar-refractivity contribution in [2.24, 2.45) is 0 Å². The lowest BCUT2D eigenvalue weighted by molar-refractivity contribution is 0.00537. The Morgan fingerprint density at radius 1 is 1.05 bits per heavy atom. The van der Waals surface area contributed by atoms with Crippen molar-refractivity contribution in [1.82, 2.24) is 24.8 Å². The van der Waals surface area contributed by atoms with Crippen molar-refractivity contribution >= 4 is 33.6 Å². The molecule has 4 fully saturated rings. The SMILES string of the molecule is CCc1c(F)ccc2cc(OCOC)cc(-c3nc4c5c(nc(OC[C@@]67CCCN6C[C@@H](F)C7)nc5c3F)N3C[C@H]5CC[C@@H]([C@@H]3CO4)N5C(=O)OC(C)(C)C)c12. The summed E-state index contributed by atoms with van der Waals surface area (Å²) >= 11 is 0. The Morgan fingerprint density at radius 3 is 2.68 bits per heavy atom. The fourth-order valence-electron chi connectivity index (χ4n) is 9.78. The average Bonchev–Trinajstić information content (AvgIpc) is 3.76. The number of pyridine rings is 1. The van der Waals surface area contributed by atoms with E-state index in [0.29, 0.717) is 65.8 Å². The third-order valence-corrected chi connectivity index (χ3v) is 12.1. The van der Waals surface area contributed by atoms with Gasteiger partial charge in [-0.05, 0) is 94.0 Å². The monoisotopic (exact) mass is 776 g/mol. The highest BCUT2D eigenvalue weighted by molar-refractivity contribution is 6.03. The molecule has 0 radical (unpaired) electrons. The van der Waals surface area contributed by atoms with Crippen LogP contribution in [0.1, 0.15) is 65.4 Å². The predicted molar refractivity (Wildman–Crippen MR) is 202 cm³/mol. The first-order valence-electron chi connectivity index (χ1n) is 19.6. The second-order valence-corrected chi connectivity index (χ2v) is 16.7. The summed E-state index contributed by atoms with van der Waals surface area (Å²) in [7, 11) is 1.50. The summed E-state index contributed by atoms with van der Waals surface area (Å²) in [6.45, 7) is 9.09. The van der Waals surface area contributed by atoms with Crippen LogP contribution in [-0.4, -0.2) is 113 Å². The van der Waals surface area contributed by atoms with Gasteiger partial charge in [0.15, 0.2) is 12.6 Å². The molecule has 2 aromatic carbocycles. The van der Waals surface area contributed by atoms with Gasteiger partial charge in [-0.15, -0.1) is 0 Å². The maximum Gasteiger partial charge on any atom is 0.410 e. The summed E-state index contributed by atoms with van der Waals surface area (Å²) in [5, 5.41) is 1.39. The molecule has 0 saturated carbocycles. The van der Waals surface area contributed by atoms with Crippen LogP contribution in [0.5, 0.6) is 17.6 Å². The minimum atomic E-state index is -0.958. The molecule has 5 aliphatic rings. The van der Waals surface area contributed by atoms with Crippen molar-refractivity contribution in [3.8, 4) is 28.9 Å². The first-order chi connectivity index (χ1) is 26.9. The van der Waals surface area contributed by atoms with Crippen molar-refractivity contribution in [3.63, 3.8) is 0 Å². The Morgan fingerprint density at radius 2 is 1.89 bits per heavy atom. The van der Waals surface area contributed by atoms with Crippen LogP contribution in [-0.2, 0) is 15.9 Å². The second-order valence-electron chi connectivity index (χ2n) is 16.7. The first kappa shape index (κ1) is 37.0. The van der Waals surface area contributed by atoms with E-state index in [9.17, 15) is 9.18 Å². The number of halogens is 3. The van der Waals surface area contributed by atoms with Crippen LogP contribution in [0, 0.1) is 11.6 Å². The number of ether oxygens (including phenoxy) is 5. The molecule has 4 aromatic rings. The number of aromatic nitrogens is 3. The number of amides is 1. The number of benzene rings is 2. The number of methoxy groups -OCH3 is 1. The second kappa shape index (κ2) is 13.8. The topological polar surface area (TPSA) is 112 Å². The van der Waals surface area contributed by atoms with Crippen molar-refractivity contribution in [1.29, 1.82) is 0 Å². The Balaban J connectivity index is 1.21. The van der Waals surface area contributed by atoms with Gasteiger partial charge in [-0.1, -0.05) is 13.0 Å². The van der Waals surface area contributed by atoms with Crippen LogP contribution in [0.25, 0.3) is 32.9 Å². The maximum atomic E-state index is 17.6. The molecule has 56 heavy (non-hydrogen) atoms. The summed E-state index contributed by atoms with van der Waals surface area (Å²) in [5.74, 6) is -0.320. The zero-order chi connectivity index (χ0) is 39.1. The molecule has 5 atom stereocenters. The summed E-state index contributed by atoms with van der Waals surface area (Å²) in [6.07, 6.45) is 2.50. The number of hydrogen-bond acceptors (Lipinski definition) is 11. The normalized spacial score (nSPS) is 25.6. The molecular formula is C41H47F3N6O6. The lowest BCUT2D eigenvalue weighted by Crippen LogP contribution is -2.63. The Kier molecular flexibility index (Phi) is 9.10. The van der Waals surface area contributed by atoms with E-state index in [0.717, 1.165) is 25.8 Å². The van der Waals surface area contributed by atoms with E-state index in [1.807, 2.05) is 32.6 Å². The number of aryl methyl sites for hydroxylation is 1. The van der Waals surface area contributed by atoms with Crippen LogP contribution in [0.4, 0.5) is 23.8 Å². The van der Waals surface area contributed by atoms with Crippen LogP contribution < -0.4 is 19.1 Å². The predicted octanol–water partition coefficient (Wildman–Crippen LogP) is 6.97. The number of alkyl halides is 1. The van der Waals surface area contributed by atoms with Crippen LogP contribution in [0.2, 0.25) is 0 Å². The number of carbonyl (C=O) groups excluding carboxylic acids is 1. The standard InChI is InChI=1S/C41H47F3N6O6/c1-6-26-28(43)10-8-22-14-25(55-21-52-5)15-27(31(22)26)34-33(44)35-32-36(47-38(46-35)54-20-41-12-7-13-48(41)17-23(42)16-41)49-18-24-9-11-29(30(49)19-53-37(32)45-34)50(24)39(51)56-40(2,3)4/h8,10,14-15,23-24,29-30H,6-7,9,11-13,16-21H2,1-5H3/t23-,24+,29-,30-,41-/m0/s1. The minimum absolute atomic E-state index is 0.0528. The Bertz CT molecular complexity index is 2220. The molecule has 9 rings (SSSR count). The van der Waals surface area contributed by atoms with E-state index >= 15 is 8.78 Å². The van der Waals surface area contributed by atoms with Crippen molar-refractivity contribution < 1.29 is 41.7 Å². The van der Waals surface area contributed by atoms with Crippen molar-refractivity contribution in [2.45, 2.75) is 102 Å². The van der Waals surface area contributed by atoms with Gasteiger partial charge in [0, 0.05) is 32.2 Å². The molecule has 7 heterocycles. The van der Waals surface area contributed by atoms with E-state index in [2.05, 4.69) is 9.80 Å². The molecule has 4 saturated heterocycles. The van der Waals surface area contributed by atoms with Crippen LogP contribution in [0.3, 0.4) is 0 Å². The molecule has 2 bridgehead atoms. The smallest absolute Gasteiger partial charge is 0.410 e. The molecule has 15 heteroatoms. The van der Waals surface area contributed by atoms with Crippen molar-refractivity contribution in [2.75, 3.05) is 51.7 Å². The van der Waals surface area contributed by atoms with E-state index in [4.69, 9.17) is 38.6 Å². The summed E-state index contributed by atoms with van der Waals surface area (Å²) < 4.78 is 77.5. The lowest BCUT2D eigenvalue weighted by atomic mass is 9.94. The van der Waals surface area contributed by atoms with Gasteiger partial charge in [-0.25, -0.2) is 22.9 Å². The van der Waals surface area contributed by atoms with Crippen molar-refractivity contribution in [3.05, 3.63) is 41.5 Å². The highest BCUT2D eigenvalue weighted by Crippen LogP contribution is 2.47. The summed E-state index contributed by atoms with van der Waals surface area (Å²) in [5.41, 5.74) is -0.665. The number of fused-ring (bicyclic) bond motifs is 7. The number of hydrogen-bond donors (Lipinski definition) is 0. The van der Waals surface area contributed by atoms with Gasteiger partial charge >= 0.3 is 12.1 Å². The Labute approximate surface area is 323 Å². The van der Waals surface area contributed by atoms with E-state index in [1.54, 1.807) is 18.2 Å². The number of rotatable bonds is 8. The largest absolute Gasteiger partial charge is 0.475 e. The number of piperazine rings is 1. The van der Waals surface area contributed by atoms with Gasteiger partial charge in [0.1, 0.15) is 59.0 Å². The third kappa shape index (κ3) is 6.12. The average molecular weight is 777 g/mol.